The third-order valence-corrected chi connectivity index (χ3v) is 2.25. The zero-order valence-corrected chi connectivity index (χ0v) is 9.95. The van der Waals surface area contributed by atoms with Crippen LogP contribution in [0.25, 0.3) is 0 Å². The van der Waals surface area contributed by atoms with Crippen molar-refractivity contribution in [2.45, 2.75) is 6.54 Å². The molecule has 0 aliphatic rings. The molecule has 4 nitrogen and oxygen atoms in total. The molecule has 3 N–H and O–H groups in total. The van der Waals surface area contributed by atoms with Gasteiger partial charge in [-0.1, -0.05) is 12.1 Å². The quantitative estimate of drug-likeness (QED) is 0.752. The van der Waals surface area contributed by atoms with Gasteiger partial charge in [-0.25, -0.2) is 4.39 Å². The van der Waals surface area contributed by atoms with Crippen molar-refractivity contribution in [3.63, 3.8) is 0 Å². The van der Waals surface area contributed by atoms with Gasteiger partial charge in [-0.2, -0.15) is 0 Å². The van der Waals surface area contributed by atoms with Gasteiger partial charge in [-0.05, 0) is 24.7 Å². The minimum atomic E-state index is -0.253. The fourth-order valence-corrected chi connectivity index (χ4v) is 1.47. The first-order chi connectivity index (χ1) is 8.11. The summed E-state index contributed by atoms with van der Waals surface area (Å²) in [5.41, 5.74) is 6.25. The number of hydrogen-bond donors (Lipinski definition) is 2. The number of amides is 1. The summed E-state index contributed by atoms with van der Waals surface area (Å²) < 4.78 is 12.7. The molecule has 1 aromatic rings. The molecule has 0 spiro atoms. The number of carbonyl (C=O) groups excluding carboxylic acids is 1. The monoisotopic (exact) mass is 239 g/mol. The van der Waals surface area contributed by atoms with E-state index in [1.54, 1.807) is 12.1 Å². The second-order valence-corrected chi connectivity index (χ2v) is 3.94. The topological polar surface area (TPSA) is 58.4 Å². The molecule has 17 heavy (non-hydrogen) atoms. The summed E-state index contributed by atoms with van der Waals surface area (Å²) in [6.07, 6.45) is 0. The van der Waals surface area contributed by atoms with E-state index in [9.17, 15) is 9.18 Å². The number of nitrogens with one attached hydrogen (secondary N) is 1. The molecule has 0 aliphatic carbocycles. The maximum Gasteiger partial charge on any atom is 0.234 e. The van der Waals surface area contributed by atoms with Gasteiger partial charge in [0, 0.05) is 19.6 Å². The van der Waals surface area contributed by atoms with Crippen molar-refractivity contribution < 1.29 is 9.18 Å². The van der Waals surface area contributed by atoms with Gasteiger partial charge < -0.3 is 11.1 Å². The van der Waals surface area contributed by atoms with Gasteiger partial charge in [0.15, 0.2) is 0 Å². The number of carbonyl (C=O) groups is 1. The first kappa shape index (κ1) is 13.6. The van der Waals surface area contributed by atoms with E-state index in [1.165, 1.54) is 12.1 Å². The van der Waals surface area contributed by atoms with E-state index in [-0.39, 0.29) is 11.7 Å². The third-order valence-electron chi connectivity index (χ3n) is 2.25. The van der Waals surface area contributed by atoms with Crippen molar-refractivity contribution in [1.82, 2.24) is 10.2 Å². The molecular weight excluding hydrogens is 221 g/mol. The lowest BCUT2D eigenvalue weighted by molar-refractivity contribution is -0.122. The molecule has 0 saturated carbocycles. The summed E-state index contributed by atoms with van der Waals surface area (Å²) in [6, 6.07) is 6.25. The molecule has 5 heteroatoms. The molecule has 0 aliphatic heterocycles. The number of halogens is 1. The minimum absolute atomic E-state index is 0.0555. The lowest BCUT2D eigenvalue weighted by Gasteiger charge is -2.16. The highest BCUT2D eigenvalue weighted by molar-refractivity contribution is 5.77. The van der Waals surface area contributed by atoms with Crippen molar-refractivity contribution in [3.05, 3.63) is 35.6 Å². The van der Waals surface area contributed by atoms with Crippen molar-refractivity contribution in [3.8, 4) is 0 Å². The zero-order chi connectivity index (χ0) is 12.7. The van der Waals surface area contributed by atoms with Crippen LogP contribution in [0.1, 0.15) is 5.56 Å². The number of likely N-dealkylation sites (N-methyl/N-ethyl adjacent to an activating group) is 1. The fraction of sp³-hybridized carbons (Fsp3) is 0.417. The van der Waals surface area contributed by atoms with E-state index in [4.69, 9.17) is 5.73 Å². The van der Waals surface area contributed by atoms with E-state index in [1.807, 2.05) is 11.9 Å². The highest BCUT2D eigenvalue weighted by atomic mass is 19.1. The summed E-state index contributed by atoms with van der Waals surface area (Å²) >= 11 is 0. The van der Waals surface area contributed by atoms with Crippen LogP contribution in [0.5, 0.6) is 0 Å². The Morgan fingerprint density at radius 1 is 1.41 bits per heavy atom. The molecule has 0 fully saturated rings. The van der Waals surface area contributed by atoms with Crippen molar-refractivity contribution >= 4 is 5.91 Å². The molecule has 0 aromatic heterocycles. The Hall–Kier alpha value is -1.46. The Bertz CT molecular complexity index is 353. The Kier molecular flexibility index (Phi) is 5.59. The second-order valence-electron chi connectivity index (χ2n) is 3.94. The number of benzene rings is 1. The van der Waals surface area contributed by atoms with Crippen LogP contribution in [0.15, 0.2) is 24.3 Å². The maximum absolute atomic E-state index is 12.7. The van der Waals surface area contributed by atoms with Crippen LogP contribution in [0.3, 0.4) is 0 Å². The van der Waals surface area contributed by atoms with Crippen LogP contribution in [0.2, 0.25) is 0 Å². The highest BCUT2D eigenvalue weighted by Gasteiger charge is 2.06. The van der Waals surface area contributed by atoms with Crippen molar-refractivity contribution in [1.29, 1.82) is 0 Å². The molecule has 1 aromatic carbocycles. The number of hydrogen-bond acceptors (Lipinski definition) is 3. The fourth-order valence-electron chi connectivity index (χ4n) is 1.47. The SMILES string of the molecule is CN(CC(=O)NCCN)Cc1ccc(F)cc1. The van der Waals surface area contributed by atoms with Gasteiger partial charge in [-0.15, -0.1) is 0 Å². The molecule has 0 saturated heterocycles. The predicted molar refractivity (Wildman–Crippen MR) is 64.8 cm³/mol. The average molecular weight is 239 g/mol. The minimum Gasteiger partial charge on any atom is -0.354 e. The smallest absolute Gasteiger partial charge is 0.234 e. The van der Waals surface area contributed by atoms with Crippen molar-refractivity contribution in [2.24, 2.45) is 5.73 Å². The molecule has 0 unspecified atom stereocenters. The lowest BCUT2D eigenvalue weighted by atomic mass is 10.2. The molecular formula is C12H18FN3O. The normalized spacial score (nSPS) is 10.6. The van der Waals surface area contributed by atoms with Gasteiger partial charge >= 0.3 is 0 Å². The van der Waals surface area contributed by atoms with E-state index >= 15 is 0 Å². The second kappa shape index (κ2) is 6.98. The standard InChI is InChI=1S/C12H18FN3O/c1-16(9-12(17)15-7-6-14)8-10-2-4-11(13)5-3-10/h2-5H,6-9,14H2,1H3,(H,15,17). The molecule has 0 atom stereocenters. The molecule has 1 rings (SSSR count). The van der Waals surface area contributed by atoms with Gasteiger partial charge in [-0.3, -0.25) is 9.69 Å². The Balaban J connectivity index is 2.36. The van der Waals surface area contributed by atoms with Crippen LogP contribution in [0.4, 0.5) is 4.39 Å². The first-order valence-electron chi connectivity index (χ1n) is 5.51. The van der Waals surface area contributed by atoms with E-state index in [2.05, 4.69) is 5.32 Å². The number of nitrogens with two attached hydrogens (primary N) is 1. The number of nitrogens with zero attached hydrogens (tertiary/aromatic N) is 1. The maximum atomic E-state index is 12.7. The molecule has 0 radical (unpaired) electrons. The summed E-state index contributed by atoms with van der Waals surface area (Å²) in [7, 11) is 1.84. The van der Waals surface area contributed by atoms with Crippen LogP contribution in [0, 0.1) is 5.82 Å². The average Bonchev–Trinajstić information content (AvgIpc) is 2.29. The Morgan fingerprint density at radius 3 is 2.65 bits per heavy atom. The van der Waals surface area contributed by atoms with Gasteiger partial charge in [0.2, 0.25) is 5.91 Å². The van der Waals surface area contributed by atoms with Crippen LogP contribution < -0.4 is 11.1 Å². The number of rotatable bonds is 6. The zero-order valence-electron chi connectivity index (χ0n) is 9.95. The molecule has 94 valence electrons. The predicted octanol–water partition coefficient (Wildman–Crippen LogP) is 0.332. The van der Waals surface area contributed by atoms with Gasteiger partial charge in [0.1, 0.15) is 5.82 Å². The van der Waals surface area contributed by atoms with Gasteiger partial charge in [0.05, 0.1) is 6.54 Å². The highest BCUT2D eigenvalue weighted by Crippen LogP contribution is 2.05. The van der Waals surface area contributed by atoms with Gasteiger partial charge in [0.25, 0.3) is 0 Å². The first-order valence-corrected chi connectivity index (χ1v) is 5.51. The largest absolute Gasteiger partial charge is 0.354 e. The summed E-state index contributed by atoms with van der Waals surface area (Å²) in [6.45, 7) is 1.84. The van der Waals surface area contributed by atoms with Crippen LogP contribution >= 0.6 is 0 Å². The van der Waals surface area contributed by atoms with E-state index in [0.717, 1.165) is 5.56 Å². The molecule has 0 bridgehead atoms. The van der Waals surface area contributed by atoms with Crippen LogP contribution in [-0.4, -0.2) is 37.5 Å². The Labute approximate surface area is 101 Å². The van der Waals surface area contributed by atoms with Crippen LogP contribution in [-0.2, 0) is 11.3 Å². The van der Waals surface area contributed by atoms with Crippen molar-refractivity contribution in [2.75, 3.05) is 26.7 Å². The van der Waals surface area contributed by atoms with E-state index in [0.29, 0.717) is 26.2 Å². The lowest BCUT2D eigenvalue weighted by Crippen LogP contribution is -2.37. The summed E-state index contributed by atoms with van der Waals surface area (Å²) in [5, 5.41) is 2.69. The van der Waals surface area contributed by atoms with E-state index < -0.39 is 0 Å². The molecule has 0 heterocycles. The summed E-state index contributed by atoms with van der Waals surface area (Å²) in [4.78, 5) is 13.2. The summed E-state index contributed by atoms with van der Waals surface area (Å²) in [5.74, 6) is -0.308. The Morgan fingerprint density at radius 2 is 2.06 bits per heavy atom. The third kappa shape index (κ3) is 5.42. The molecule has 1 amide bonds.